The number of aryl methyl sites for hydroxylation is 2. The fourth-order valence-corrected chi connectivity index (χ4v) is 3.90. The molecule has 202 valence electrons. The van der Waals surface area contributed by atoms with Crippen molar-refractivity contribution in [3.63, 3.8) is 0 Å². The largest absolute Gasteiger partial charge is 0.486 e. The van der Waals surface area contributed by atoms with Crippen molar-refractivity contribution in [2.45, 2.75) is 40.4 Å². The van der Waals surface area contributed by atoms with Crippen molar-refractivity contribution < 1.29 is 28.2 Å². The number of furan rings is 1. The number of ether oxygens (including phenoxy) is 3. The highest BCUT2D eigenvalue weighted by atomic mass is 16.6. The van der Waals surface area contributed by atoms with Crippen LogP contribution in [0.5, 0.6) is 11.5 Å². The zero-order valence-electron chi connectivity index (χ0n) is 22.3. The number of benzene rings is 2. The fourth-order valence-electron chi connectivity index (χ4n) is 3.90. The lowest BCUT2D eigenvalue weighted by molar-refractivity contribution is -0.150. The quantitative estimate of drug-likeness (QED) is 0.159. The van der Waals surface area contributed by atoms with Gasteiger partial charge in [0.15, 0.2) is 11.9 Å². The molecule has 1 N–H and O–H groups in total. The summed E-state index contributed by atoms with van der Waals surface area (Å²) in [5.41, 5.74) is 6.49. The average Bonchev–Trinajstić information content (AvgIpc) is 3.54. The van der Waals surface area contributed by atoms with Gasteiger partial charge in [-0.1, -0.05) is 12.1 Å². The summed E-state index contributed by atoms with van der Waals surface area (Å²) in [7, 11) is 0. The average molecular weight is 530 g/mol. The van der Waals surface area contributed by atoms with Crippen molar-refractivity contribution in [2.75, 3.05) is 6.61 Å². The molecule has 1 atom stereocenters. The minimum Gasteiger partial charge on any atom is -0.486 e. The Bertz CT molecular complexity index is 1430. The van der Waals surface area contributed by atoms with E-state index in [1.165, 1.54) is 6.21 Å². The standard InChI is InChI=1S/C30H31N3O6/c1-5-36-30(35)22(4)38-26-8-6-7-23(17-26)18-31-32-29(34)28-16-15-27(39-28)19-37-25-13-11-24(12-14-25)33-20(2)9-10-21(33)3/h6-18,22H,5,19H2,1-4H3,(H,32,34)/b31-18+/t22-/m0/s1. The van der Waals surface area contributed by atoms with E-state index in [0.29, 0.717) is 22.8 Å². The molecule has 9 nitrogen and oxygen atoms in total. The van der Waals surface area contributed by atoms with E-state index >= 15 is 0 Å². The number of esters is 1. The summed E-state index contributed by atoms with van der Waals surface area (Å²) in [4.78, 5) is 24.2. The van der Waals surface area contributed by atoms with Gasteiger partial charge in [-0.05, 0) is 93.9 Å². The van der Waals surface area contributed by atoms with Crippen LogP contribution in [0.1, 0.15) is 47.1 Å². The van der Waals surface area contributed by atoms with Gasteiger partial charge in [-0.2, -0.15) is 5.10 Å². The Balaban J connectivity index is 1.27. The third kappa shape index (κ3) is 7.16. The molecule has 0 spiro atoms. The van der Waals surface area contributed by atoms with Gasteiger partial charge in [-0.3, -0.25) is 4.79 Å². The summed E-state index contributed by atoms with van der Waals surface area (Å²) < 4.78 is 24.1. The molecule has 0 unspecified atom stereocenters. The van der Waals surface area contributed by atoms with Gasteiger partial charge in [0, 0.05) is 17.1 Å². The van der Waals surface area contributed by atoms with Crippen LogP contribution in [-0.2, 0) is 16.1 Å². The van der Waals surface area contributed by atoms with E-state index in [2.05, 4.69) is 41.1 Å². The lowest BCUT2D eigenvalue weighted by Crippen LogP contribution is -2.26. The molecule has 0 aliphatic carbocycles. The summed E-state index contributed by atoms with van der Waals surface area (Å²) in [6.45, 7) is 7.94. The summed E-state index contributed by atoms with van der Waals surface area (Å²) in [5, 5.41) is 3.98. The van der Waals surface area contributed by atoms with Gasteiger partial charge in [-0.15, -0.1) is 0 Å². The molecule has 0 saturated carbocycles. The van der Waals surface area contributed by atoms with Crippen molar-refractivity contribution in [3.8, 4) is 17.2 Å². The molecular weight excluding hydrogens is 498 g/mol. The molecule has 39 heavy (non-hydrogen) atoms. The number of carbonyl (C=O) groups excluding carboxylic acids is 2. The second-order valence-corrected chi connectivity index (χ2v) is 8.78. The van der Waals surface area contributed by atoms with Crippen molar-refractivity contribution in [2.24, 2.45) is 5.10 Å². The van der Waals surface area contributed by atoms with Gasteiger partial charge in [0.1, 0.15) is 23.9 Å². The summed E-state index contributed by atoms with van der Waals surface area (Å²) in [6.07, 6.45) is 0.722. The second-order valence-electron chi connectivity index (χ2n) is 8.78. The summed E-state index contributed by atoms with van der Waals surface area (Å²) >= 11 is 0. The minimum absolute atomic E-state index is 0.111. The highest BCUT2D eigenvalue weighted by molar-refractivity contribution is 5.92. The first-order chi connectivity index (χ1) is 18.8. The maximum absolute atomic E-state index is 12.4. The zero-order valence-corrected chi connectivity index (χ0v) is 22.3. The normalized spacial score (nSPS) is 11.8. The van der Waals surface area contributed by atoms with Gasteiger partial charge in [0.25, 0.3) is 0 Å². The molecule has 4 rings (SSSR count). The lowest BCUT2D eigenvalue weighted by atomic mass is 10.2. The van der Waals surface area contributed by atoms with Crippen LogP contribution >= 0.6 is 0 Å². The van der Waals surface area contributed by atoms with Crippen LogP contribution in [0.15, 0.2) is 82.3 Å². The molecular formula is C30H31N3O6. The molecule has 0 aliphatic rings. The SMILES string of the molecule is CCOC(=O)[C@H](C)Oc1cccc(/C=N/NC(=O)c2ccc(COc3ccc(-n4c(C)ccc4C)cc3)o2)c1. The molecule has 0 radical (unpaired) electrons. The van der Waals surface area contributed by atoms with E-state index in [4.69, 9.17) is 18.6 Å². The zero-order chi connectivity index (χ0) is 27.8. The van der Waals surface area contributed by atoms with Crippen molar-refractivity contribution in [1.29, 1.82) is 0 Å². The van der Waals surface area contributed by atoms with E-state index in [1.807, 2.05) is 24.3 Å². The maximum Gasteiger partial charge on any atom is 0.347 e. The number of carbonyl (C=O) groups is 2. The highest BCUT2D eigenvalue weighted by Crippen LogP contribution is 2.21. The van der Waals surface area contributed by atoms with Crippen molar-refractivity contribution in [3.05, 3.63) is 101 Å². The van der Waals surface area contributed by atoms with Crippen LogP contribution in [-0.4, -0.2) is 35.4 Å². The Morgan fingerprint density at radius 2 is 1.74 bits per heavy atom. The molecule has 0 aliphatic heterocycles. The monoisotopic (exact) mass is 529 g/mol. The number of hydrazone groups is 1. The Kier molecular flexibility index (Phi) is 8.83. The van der Waals surface area contributed by atoms with Gasteiger partial charge in [-0.25, -0.2) is 10.2 Å². The second kappa shape index (κ2) is 12.6. The third-order valence-electron chi connectivity index (χ3n) is 5.80. The van der Waals surface area contributed by atoms with E-state index in [0.717, 1.165) is 17.1 Å². The molecule has 0 saturated heterocycles. The first-order valence-corrected chi connectivity index (χ1v) is 12.6. The molecule has 0 bridgehead atoms. The van der Waals surface area contributed by atoms with Crippen LogP contribution in [0.3, 0.4) is 0 Å². The minimum atomic E-state index is -0.744. The van der Waals surface area contributed by atoms with Gasteiger partial charge >= 0.3 is 11.9 Å². The number of aromatic nitrogens is 1. The Morgan fingerprint density at radius 1 is 1.00 bits per heavy atom. The summed E-state index contributed by atoms with van der Waals surface area (Å²) in [6, 6.07) is 22.2. The molecule has 0 fully saturated rings. The highest BCUT2D eigenvalue weighted by Gasteiger charge is 2.16. The molecule has 2 heterocycles. The maximum atomic E-state index is 12.4. The molecule has 2 aromatic heterocycles. The van der Waals surface area contributed by atoms with Crippen LogP contribution in [0.2, 0.25) is 0 Å². The lowest BCUT2D eigenvalue weighted by Gasteiger charge is -2.13. The Labute approximate surface area is 227 Å². The first-order valence-electron chi connectivity index (χ1n) is 12.6. The predicted molar refractivity (Wildman–Crippen MR) is 147 cm³/mol. The number of hydrogen-bond donors (Lipinski definition) is 1. The number of nitrogens with zero attached hydrogens (tertiary/aromatic N) is 2. The molecule has 9 heteroatoms. The number of amides is 1. The number of hydrogen-bond acceptors (Lipinski definition) is 7. The molecule has 1 amide bonds. The summed E-state index contributed by atoms with van der Waals surface area (Å²) in [5.74, 6) is 0.846. The fraction of sp³-hybridized carbons (Fsp3) is 0.233. The van der Waals surface area contributed by atoms with Crippen molar-refractivity contribution >= 4 is 18.1 Å². The smallest absolute Gasteiger partial charge is 0.347 e. The van der Waals surface area contributed by atoms with Gasteiger partial charge in [0.2, 0.25) is 0 Å². The number of nitrogens with one attached hydrogen (secondary N) is 1. The predicted octanol–water partition coefficient (Wildman–Crippen LogP) is 5.36. The van der Waals surface area contributed by atoms with E-state index in [1.54, 1.807) is 50.2 Å². The van der Waals surface area contributed by atoms with Gasteiger partial charge in [0.05, 0.1) is 12.8 Å². The topological polar surface area (TPSA) is 104 Å². The number of rotatable bonds is 11. The molecule has 4 aromatic rings. The van der Waals surface area contributed by atoms with Crippen LogP contribution in [0.25, 0.3) is 5.69 Å². The Hall–Kier alpha value is -4.79. The third-order valence-corrected chi connectivity index (χ3v) is 5.80. The van der Waals surface area contributed by atoms with E-state index < -0.39 is 18.0 Å². The van der Waals surface area contributed by atoms with Crippen LogP contribution < -0.4 is 14.9 Å². The Morgan fingerprint density at radius 3 is 2.46 bits per heavy atom. The van der Waals surface area contributed by atoms with Gasteiger partial charge < -0.3 is 23.2 Å². The van der Waals surface area contributed by atoms with Crippen molar-refractivity contribution in [1.82, 2.24) is 9.99 Å². The van der Waals surface area contributed by atoms with E-state index in [9.17, 15) is 9.59 Å². The van der Waals surface area contributed by atoms with Crippen LogP contribution in [0.4, 0.5) is 0 Å². The molecule has 2 aromatic carbocycles. The van der Waals surface area contributed by atoms with Crippen LogP contribution in [0, 0.1) is 13.8 Å². The van der Waals surface area contributed by atoms with E-state index in [-0.39, 0.29) is 19.0 Å². The first kappa shape index (κ1) is 27.3.